The second kappa shape index (κ2) is 7.55. The molecule has 0 saturated heterocycles. The summed E-state index contributed by atoms with van der Waals surface area (Å²) in [5.74, 6) is -1.38. The van der Waals surface area contributed by atoms with Gasteiger partial charge in [0, 0.05) is 5.02 Å². The van der Waals surface area contributed by atoms with Crippen LogP contribution in [-0.4, -0.2) is 27.2 Å². The molecular formula is C16H13ClF3NO4S. The van der Waals surface area contributed by atoms with E-state index in [-0.39, 0.29) is 11.4 Å². The highest BCUT2D eigenvalue weighted by molar-refractivity contribution is 7.92. The van der Waals surface area contributed by atoms with Gasteiger partial charge in [0.15, 0.2) is 0 Å². The second-order valence-corrected chi connectivity index (χ2v) is 7.59. The van der Waals surface area contributed by atoms with Crippen molar-refractivity contribution in [3.63, 3.8) is 0 Å². The lowest BCUT2D eigenvalue weighted by molar-refractivity contribution is -0.138. The van der Waals surface area contributed by atoms with Gasteiger partial charge in [0.05, 0.1) is 17.5 Å². The number of anilines is 1. The maximum atomic E-state index is 12.7. The highest BCUT2D eigenvalue weighted by Crippen LogP contribution is 2.31. The zero-order valence-electron chi connectivity index (χ0n) is 13.3. The van der Waals surface area contributed by atoms with E-state index in [9.17, 15) is 26.4 Å². The molecule has 0 fully saturated rings. The van der Waals surface area contributed by atoms with E-state index in [0.717, 1.165) is 22.7 Å². The molecule has 0 amide bonds. The van der Waals surface area contributed by atoms with Crippen LogP contribution in [-0.2, 0) is 21.0 Å². The number of benzene rings is 2. The number of rotatable bonds is 5. The summed E-state index contributed by atoms with van der Waals surface area (Å²) in [6.45, 7) is -0.712. The fraction of sp³-hybridized carbons (Fsp3) is 0.188. The van der Waals surface area contributed by atoms with Crippen molar-refractivity contribution in [2.24, 2.45) is 0 Å². The fourth-order valence-corrected chi connectivity index (χ4v) is 2.99. The van der Waals surface area contributed by atoms with E-state index in [1.54, 1.807) is 0 Å². The number of halogens is 4. The molecule has 26 heavy (non-hydrogen) atoms. The fourth-order valence-electron chi connectivity index (χ4n) is 2.02. The maximum absolute atomic E-state index is 12.7. The molecule has 0 aliphatic carbocycles. The van der Waals surface area contributed by atoms with Crippen molar-refractivity contribution in [1.29, 1.82) is 0 Å². The van der Waals surface area contributed by atoms with Crippen LogP contribution >= 0.6 is 11.6 Å². The molecule has 0 bridgehead atoms. The summed E-state index contributed by atoms with van der Waals surface area (Å²) in [6.07, 6.45) is -3.70. The van der Waals surface area contributed by atoms with Crippen molar-refractivity contribution in [3.8, 4) is 5.75 Å². The average Bonchev–Trinajstić information content (AvgIpc) is 2.52. The van der Waals surface area contributed by atoms with Crippen LogP contribution in [0.3, 0.4) is 0 Å². The highest BCUT2D eigenvalue weighted by Gasteiger charge is 2.31. The van der Waals surface area contributed by atoms with Gasteiger partial charge in [-0.3, -0.25) is 4.31 Å². The number of nitrogens with zero attached hydrogens (tertiary/aromatic N) is 1. The molecule has 0 aliphatic rings. The number of hydrogen-bond donors (Lipinski definition) is 0. The lowest BCUT2D eigenvalue weighted by Crippen LogP contribution is -2.36. The SMILES string of the molecule is CS(=O)(=O)N(CC(=O)Oc1cccc(C(F)(F)F)c1)c1ccc(Cl)cc1. The molecule has 0 atom stereocenters. The van der Waals surface area contributed by atoms with Crippen molar-refractivity contribution < 1.29 is 31.1 Å². The van der Waals surface area contributed by atoms with Gasteiger partial charge in [0.2, 0.25) is 10.0 Å². The van der Waals surface area contributed by atoms with Gasteiger partial charge in [-0.05, 0) is 42.5 Å². The van der Waals surface area contributed by atoms with Crippen LogP contribution in [0, 0.1) is 0 Å². The standard InChI is InChI=1S/C16H13ClF3NO4S/c1-26(23,24)21(13-7-5-12(17)6-8-13)10-15(22)25-14-4-2-3-11(9-14)16(18,19)20/h2-9H,10H2,1H3. The van der Waals surface area contributed by atoms with Gasteiger partial charge in [0.25, 0.3) is 0 Å². The van der Waals surface area contributed by atoms with Gasteiger partial charge >= 0.3 is 12.1 Å². The Morgan fingerprint density at radius 2 is 1.77 bits per heavy atom. The number of ether oxygens (including phenoxy) is 1. The van der Waals surface area contributed by atoms with Gasteiger partial charge in [-0.1, -0.05) is 17.7 Å². The molecule has 2 rings (SSSR count). The van der Waals surface area contributed by atoms with Gasteiger partial charge in [0.1, 0.15) is 12.3 Å². The Morgan fingerprint density at radius 3 is 2.31 bits per heavy atom. The monoisotopic (exact) mass is 407 g/mol. The predicted molar refractivity (Wildman–Crippen MR) is 90.7 cm³/mol. The molecule has 0 aliphatic heterocycles. The summed E-state index contributed by atoms with van der Waals surface area (Å²) in [7, 11) is -3.84. The molecular weight excluding hydrogens is 395 g/mol. The summed E-state index contributed by atoms with van der Waals surface area (Å²) in [5, 5.41) is 0.369. The van der Waals surface area contributed by atoms with Crippen LogP contribution in [0.5, 0.6) is 5.75 Å². The van der Waals surface area contributed by atoms with Gasteiger partial charge in [-0.2, -0.15) is 13.2 Å². The van der Waals surface area contributed by atoms with Crippen LogP contribution in [0.4, 0.5) is 18.9 Å². The Morgan fingerprint density at radius 1 is 1.15 bits per heavy atom. The molecule has 0 spiro atoms. The predicted octanol–water partition coefficient (Wildman–Crippen LogP) is 3.73. The Kier molecular flexibility index (Phi) is 5.82. The first-order chi connectivity index (χ1) is 12.0. The third-order valence-electron chi connectivity index (χ3n) is 3.18. The first kappa shape index (κ1) is 20.1. The van der Waals surface area contributed by atoms with E-state index < -0.39 is 34.3 Å². The van der Waals surface area contributed by atoms with Crippen molar-refractivity contribution in [2.45, 2.75) is 6.18 Å². The van der Waals surface area contributed by atoms with Crippen LogP contribution in [0.2, 0.25) is 5.02 Å². The summed E-state index contributed by atoms with van der Waals surface area (Å²) in [6, 6.07) is 9.39. The topological polar surface area (TPSA) is 63.7 Å². The smallest absolute Gasteiger partial charge is 0.416 e. The molecule has 140 valence electrons. The molecule has 5 nitrogen and oxygen atoms in total. The summed E-state index contributed by atoms with van der Waals surface area (Å²) >= 11 is 5.74. The Balaban J connectivity index is 2.19. The molecule has 10 heteroatoms. The minimum atomic E-state index is -4.59. The molecule has 0 N–H and O–H groups in total. The van der Waals surface area contributed by atoms with Crippen LogP contribution in [0.25, 0.3) is 0 Å². The van der Waals surface area contributed by atoms with Crippen LogP contribution in [0.15, 0.2) is 48.5 Å². The number of carbonyl (C=O) groups excluding carboxylic acids is 1. The molecule has 2 aromatic rings. The van der Waals surface area contributed by atoms with E-state index in [1.807, 2.05) is 0 Å². The zero-order valence-corrected chi connectivity index (χ0v) is 14.9. The Hall–Kier alpha value is -2.26. The number of carbonyl (C=O) groups is 1. The molecule has 0 aromatic heterocycles. The lowest BCUT2D eigenvalue weighted by Gasteiger charge is -2.21. The molecule has 0 unspecified atom stereocenters. The van der Waals surface area contributed by atoms with Crippen molar-refractivity contribution in [1.82, 2.24) is 0 Å². The van der Waals surface area contributed by atoms with Crippen LogP contribution < -0.4 is 9.04 Å². The Bertz CT molecular complexity index is 898. The summed E-state index contributed by atoms with van der Waals surface area (Å²) < 4.78 is 67.5. The van der Waals surface area contributed by atoms with Crippen molar-refractivity contribution in [3.05, 3.63) is 59.1 Å². The van der Waals surface area contributed by atoms with E-state index >= 15 is 0 Å². The molecule has 0 radical (unpaired) electrons. The van der Waals surface area contributed by atoms with Gasteiger partial charge < -0.3 is 4.74 Å². The highest BCUT2D eigenvalue weighted by atomic mass is 35.5. The minimum absolute atomic E-state index is 0.165. The normalized spacial score (nSPS) is 11.9. The average molecular weight is 408 g/mol. The first-order valence-electron chi connectivity index (χ1n) is 7.08. The molecule has 0 saturated carbocycles. The number of esters is 1. The third-order valence-corrected chi connectivity index (χ3v) is 4.57. The molecule has 0 heterocycles. The summed E-state index contributed by atoms with van der Waals surface area (Å²) in [4.78, 5) is 12.0. The van der Waals surface area contributed by atoms with E-state index in [2.05, 4.69) is 0 Å². The lowest BCUT2D eigenvalue weighted by atomic mass is 10.2. The van der Waals surface area contributed by atoms with E-state index in [1.165, 1.54) is 30.3 Å². The first-order valence-corrected chi connectivity index (χ1v) is 9.30. The number of sulfonamides is 1. The summed E-state index contributed by atoms with van der Waals surface area (Å²) in [5.41, 5.74) is -0.821. The van der Waals surface area contributed by atoms with Crippen molar-refractivity contribution in [2.75, 3.05) is 17.1 Å². The van der Waals surface area contributed by atoms with E-state index in [4.69, 9.17) is 16.3 Å². The van der Waals surface area contributed by atoms with Crippen molar-refractivity contribution >= 4 is 33.3 Å². The number of hydrogen-bond acceptors (Lipinski definition) is 4. The number of alkyl halides is 3. The largest absolute Gasteiger partial charge is 0.425 e. The third kappa shape index (κ3) is 5.37. The quantitative estimate of drug-likeness (QED) is 0.559. The Labute approximate surface area is 153 Å². The second-order valence-electron chi connectivity index (χ2n) is 5.25. The van der Waals surface area contributed by atoms with Crippen LogP contribution in [0.1, 0.15) is 5.56 Å². The van der Waals surface area contributed by atoms with Gasteiger partial charge in [-0.15, -0.1) is 0 Å². The maximum Gasteiger partial charge on any atom is 0.416 e. The minimum Gasteiger partial charge on any atom is -0.425 e. The van der Waals surface area contributed by atoms with Gasteiger partial charge in [-0.25, -0.2) is 13.2 Å². The zero-order chi connectivity index (χ0) is 19.5. The van der Waals surface area contributed by atoms with E-state index in [0.29, 0.717) is 11.1 Å². The molecule has 2 aromatic carbocycles.